The van der Waals surface area contributed by atoms with Crippen LogP contribution in [0.3, 0.4) is 0 Å². The number of hydrogen-bond donors (Lipinski definition) is 2. The van der Waals surface area contributed by atoms with Crippen LogP contribution in [0.4, 0.5) is 11.5 Å². The molecule has 0 aliphatic carbocycles. The molecule has 86 valence electrons. The fraction of sp³-hybridized carbons (Fsp3) is 0.333. The number of carbonyl (C=O) groups excluding carboxylic acids is 1. The Hall–Kier alpha value is -2.18. The average molecular weight is 224 g/mol. The number of pyridine rings is 1. The maximum Gasteiger partial charge on any atom is 0.288 e. The highest BCUT2D eigenvalue weighted by Crippen LogP contribution is 2.18. The van der Waals surface area contributed by atoms with Gasteiger partial charge in [-0.3, -0.25) is 14.9 Å². The van der Waals surface area contributed by atoms with Gasteiger partial charge in [-0.15, -0.1) is 0 Å². The highest BCUT2D eigenvalue weighted by atomic mass is 16.6. The quantitative estimate of drug-likeness (QED) is 0.581. The summed E-state index contributed by atoms with van der Waals surface area (Å²) in [5.74, 6) is -0.0698. The zero-order valence-electron chi connectivity index (χ0n) is 8.98. The summed E-state index contributed by atoms with van der Waals surface area (Å²) in [7, 11) is 1.46. The van der Waals surface area contributed by atoms with E-state index in [1.807, 2.05) is 6.92 Å². The summed E-state index contributed by atoms with van der Waals surface area (Å²) in [6, 6.07) is 1.20. The summed E-state index contributed by atoms with van der Waals surface area (Å²) in [6.07, 6.45) is 1.12. The average Bonchev–Trinajstić information content (AvgIpc) is 2.28. The molecule has 1 aromatic rings. The highest BCUT2D eigenvalue weighted by Gasteiger charge is 2.16. The second-order valence-corrected chi connectivity index (χ2v) is 2.96. The van der Waals surface area contributed by atoms with E-state index in [0.717, 1.165) is 6.20 Å². The molecule has 16 heavy (non-hydrogen) atoms. The van der Waals surface area contributed by atoms with Gasteiger partial charge in [-0.05, 0) is 6.92 Å². The SMILES string of the molecule is CCNc1ncc([N+](=O)[O-])cc1C(=O)NC. The van der Waals surface area contributed by atoms with E-state index in [1.165, 1.54) is 13.1 Å². The predicted molar refractivity (Wildman–Crippen MR) is 58.4 cm³/mol. The summed E-state index contributed by atoms with van der Waals surface area (Å²) in [6.45, 7) is 2.42. The Morgan fingerprint density at radius 1 is 1.62 bits per heavy atom. The number of carbonyl (C=O) groups is 1. The van der Waals surface area contributed by atoms with Crippen LogP contribution >= 0.6 is 0 Å². The van der Waals surface area contributed by atoms with Crippen molar-refractivity contribution >= 4 is 17.4 Å². The van der Waals surface area contributed by atoms with Gasteiger partial charge in [0.25, 0.3) is 11.6 Å². The van der Waals surface area contributed by atoms with Crippen molar-refractivity contribution in [2.75, 3.05) is 18.9 Å². The number of aromatic nitrogens is 1. The number of anilines is 1. The first-order chi connectivity index (χ1) is 7.60. The van der Waals surface area contributed by atoms with Crippen LogP contribution in [0.1, 0.15) is 17.3 Å². The van der Waals surface area contributed by atoms with Gasteiger partial charge in [-0.25, -0.2) is 4.98 Å². The molecule has 2 N–H and O–H groups in total. The molecule has 0 saturated heterocycles. The summed E-state index contributed by atoms with van der Waals surface area (Å²) in [5.41, 5.74) is -0.0428. The molecule has 1 amide bonds. The van der Waals surface area contributed by atoms with Crippen LogP contribution in [-0.2, 0) is 0 Å². The minimum atomic E-state index is -0.588. The summed E-state index contributed by atoms with van der Waals surface area (Å²) < 4.78 is 0. The molecule has 0 saturated carbocycles. The largest absolute Gasteiger partial charge is 0.370 e. The maximum absolute atomic E-state index is 11.5. The summed E-state index contributed by atoms with van der Waals surface area (Å²) in [5, 5.41) is 15.8. The van der Waals surface area contributed by atoms with Gasteiger partial charge in [0, 0.05) is 19.7 Å². The van der Waals surface area contributed by atoms with Gasteiger partial charge in [-0.2, -0.15) is 0 Å². The first kappa shape index (κ1) is 11.9. The van der Waals surface area contributed by atoms with E-state index in [4.69, 9.17) is 0 Å². The molecule has 0 atom stereocenters. The minimum Gasteiger partial charge on any atom is -0.370 e. The van der Waals surface area contributed by atoms with Crippen molar-refractivity contribution < 1.29 is 9.72 Å². The lowest BCUT2D eigenvalue weighted by atomic mass is 10.2. The zero-order valence-corrected chi connectivity index (χ0v) is 8.98. The van der Waals surface area contributed by atoms with E-state index in [1.54, 1.807) is 0 Å². The van der Waals surface area contributed by atoms with Crippen LogP contribution in [0.15, 0.2) is 12.3 Å². The van der Waals surface area contributed by atoms with Crippen LogP contribution in [0.25, 0.3) is 0 Å². The van der Waals surface area contributed by atoms with Gasteiger partial charge in [0.1, 0.15) is 12.0 Å². The first-order valence-electron chi connectivity index (χ1n) is 4.70. The molecule has 1 aromatic heterocycles. The van der Waals surface area contributed by atoms with Crippen LogP contribution < -0.4 is 10.6 Å². The normalized spacial score (nSPS) is 9.62. The molecule has 0 radical (unpaired) electrons. The molecule has 7 nitrogen and oxygen atoms in total. The van der Waals surface area contributed by atoms with Crippen molar-refractivity contribution in [1.29, 1.82) is 0 Å². The van der Waals surface area contributed by atoms with E-state index in [9.17, 15) is 14.9 Å². The lowest BCUT2D eigenvalue weighted by Crippen LogP contribution is -2.20. The van der Waals surface area contributed by atoms with Gasteiger partial charge in [0.2, 0.25) is 0 Å². The molecule has 0 spiro atoms. The van der Waals surface area contributed by atoms with Crippen molar-refractivity contribution in [3.8, 4) is 0 Å². The third-order valence-electron chi connectivity index (χ3n) is 1.90. The fourth-order valence-corrected chi connectivity index (χ4v) is 1.17. The van der Waals surface area contributed by atoms with E-state index in [0.29, 0.717) is 12.4 Å². The molecule has 0 bridgehead atoms. The second-order valence-electron chi connectivity index (χ2n) is 2.96. The van der Waals surface area contributed by atoms with Crippen molar-refractivity contribution in [2.45, 2.75) is 6.92 Å². The fourth-order valence-electron chi connectivity index (χ4n) is 1.17. The number of hydrogen-bond acceptors (Lipinski definition) is 5. The summed E-state index contributed by atoms with van der Waals surface area (Å²) in [4.78, 5) is 25.3. The van der Waals surface area contributed by atoms with Crippen LogP contribution in [0.2, 0.25) is 0 Å². The van der Waals surface area contributed by atoms with Gasteiger partial charge in [0.05, 0.1) is 10.5 Å². The van der Waals surface area contributed by atoms with Gasteiger partial charge in [0.15, 0.2) is 0 Å². The molecule has 1 rings (SSSR count). The van der Waals surface area contributed by atoms with Crippen molar-refractivity contribution in [3.63, 3.8) is 0 Å². The van der Waals surface area contributed by atoms with E-state index >= 15 is 0 Å². The van der Waals surface area contributed by atoms with Crippen LogP contribution in [0, 0.1) is 10.1 Å². The molecule has 7 heteroatoms. The van der Waals surface area contributed by atoms with Crippen LogP contribution in [-0.4, -0.2) is 29.4 Å². The van der Waals surface area contributed by atoms with Gasteiger partial charge >= 0.3 is 0 Å². The van der Waals surface area contributed by atoms with Crippen molar-refractivity contribution in [2.24, 2.45) is 0 Å². The summed E-state index contributed by atoms with van der Waals surface area (Å²) >= 11 is 0. The Labute approximate surface area is 92.0 Å². The Morgan fingerprint density at radius 2 is 2.31 bits per heavy atom. The maximum atomic E-state index is 11.5. The minimum absolute atomic E-state index is 0.165. The number of nitrogens with one attached hydrogen (secondary N) is 2. The lowest BCUT2D eigenvalue weighted by molar-refractivity contribution is -0.385. The number of nitro groups is 1. The monoisotopic (exact) mass is 224 g/mol. The molecule has 0 aliphatic heterocycles. The molecule has 1 heterocycles. The van der Waals surface area contributed by atoms with Crippen LogP contribution in [0.5, 0.6) is 0 Å². The van der Waals surface area contributed by atoms with Crippen molar-refractivity contribution in [3.05, 3.63) is 27.9 Å². The Balaban J connectivity index is 3.20. The third kappa shape index (κ3) is 2.44. The topological polar surface area (TPSA) is 97.2 Å². The lowest BCUT2D eigenvalue weighted by Gasteiger charge is -2.07. The molecule has 0 fully saturated rings. The molecule has 0 aromatic carbocycles. The molecular weight excluding hydrogens is 212 g/mol. The third-order valence-corrected chi connectivity index (χ3v) is 1.90. The highest BCUT2D eigenvalue weighted by molar-refractivity contribution is 5.99. The van der Waals surface area contributed by atoms with E-state index in [2.05, 4.69) is 15.6 Å². The second kappa shape index (κ2) is 5.06. The number of amides is 1. The zero-order chi connectivity index (χ0) is 12.1. The Bertz CT molecular complexity index is 419. The molecular formula is C9H12N4O3. The predicted octanol–water partition coefficient (Wildman–Crippen LogP) is 0.781. The Morgan fingerprint density at radius 3 is 2.81 bits per heavy atom. The van der Waals surface area contributed by atoms with E-state index < -0.39 is 10.8 Å². The molecule has 0 unspecified atom stereocenters. The van der Waals surface area contributed by atoms with Gasteiger partial charge in [-0.1, -0.05) is 0 Å². The first-order valence-corrected chi connectivity index (χ1v) is 4.70. The number of rotatable bonds is 4. The van der Waals surface area contributed by atoms with Crippen molar-refractivity contribution in [1.82, 2.24) is 10.3 Å². The standard InChI is InChI=1S/C9H12N4O3/c1-3-11-8-7(9(14)10-2)4-6(5-12-8)13(15)16/h4-5H,3H2,1-2H3,(H,10,14)(H,11,12). The Kier molecular flexibility index (Phi) is 3.76. The smallest absolute Gasteiger partial charge is 0.288 e. The van der Waals surface area contributed by atoms with Gasteiger partial charge < -0.3 is 10.6 Å². The van der Waals surface area contributed by atoms with E-state index in [-0.39, 0.29) is 11.3 Å². The number of nitrogens with zero attached hydrogens (tertiary/aromatic N) is 2. The molecule has 0 aliphatic rings.